The van der Waals surface area contributed by atoms with Crippen LogP contribution in [0.3, 0.4) is 0 Å². The topological polar surface area (TPSA) is 73.0 Å². The molecule has 1 unspecified atom stereocenters. The summed E-state index contributed by atoms with van der Waals surface area (Å²) in [7, 11) is 0. The molecule has 0 spiro atoms. The number of nitrogens with one attached hydrogen (secondary N) is 1. The van der Waals surface area contributed by atoms with E-state index in [4.69, 9.17) is 0 Å². The smallest absolute Gasteiger partial charge is 0.262 e. The summed E-state index contributed by atoms with van der Waals surface area (Å²) in [6.07, 6.45) is 0.815. The molecule has 2 heterocycles. The van der Waals surface area contributed by atoms with Crippen LogP contribution in [0.15, 0.2) is 15.9 Å². The third-order valence-electron chi connectivity index (χ3n) is 4.89. The van der Waals surface area contributed by atoms with Crippen LogP contribution in [-0.4, -0.2) is 84.3 Å². The molecule has 1 atom stereocenters. The van der Waals surface area contributed by atoms with Crippen molar-refractivity contribution >= 4 is 45.0 Å². The number of thiophene rings is 1. The molecule has 7 nitrogen and oxygen atoms in total. The first-order valence-electron chi connectivity index (χ1n) is 9.70. The fraction of sp³-hybridized carbons (Fsp3) is 0.632. The highest BCUT2D eigenvalue weighted by molar-refractivity contribution is 9.11. The number of hydrogen-bond donors (Lipinski definition) is 1. The maximum absolute atomic E-state index is 12.8. The van der Waals surface area contributed by atoms with Crippen molar-refractivity contribution in [2.45, 2.75) is 33.2 Å². The first-order chi connectivity index (χ1) is 13.3. The molecule has 0 saturated carbocycles. The van der Waals surface area contributed by atoms with Crippen molar-refractivity contribution in [1.29, 1.82) is 0 Å². The Labute approximate surface area is 179 Å². The van der Waals surface area contributed by atoms with E-state index < -0.39 is 6.04 Å². The monoisotopic (exact) mass is 472 g/mol. The second kappa shape index (κ2) is 10.9. The summed E-state index contributed by atoms with van der Waals surface area (Å²) >= 11 is 4.68. The molecular formula is C19H29BrN4O3S. The predicted octanol–water partition coefficient (Wildman–Crippen LogP) is 2.03. The summed E-state index contributed by atoms with van der Waals surface area (Å²) in [5.41, 5.74) is 0. The zero-order chi connectivity index (χ0) is 20.7. The Kier molecular flexibility index (Phi) is 8.91. The zero-order valence-corrected chi connectivity index (χ0v) is 19.1. The van der Waals surface area contributed by atoms with Crippen molar-refractivity contribution in [3.63, 3.8) is 0 Å². The van der Waals surface area contributed by atoms with Crippen LogP contribution < -0.4 is 5.32 Å². The first kappa shape index (κ1) is 22.8. The molecule has 2 rings (SSSR count). The van der Waals surface area contributed by atoms with Gasteiger partial charge in [0.05, 0.1) is 15.2 Å². The summed E-state index contributed by atoms with van der Waals surface area (Å²) in [5.74, 6) is -0.189. The third kappa shape index (κ3) is 6.28. The molecule has 1 aliphatic heterocycles. The average molecular weight is 473 g/mol. The Morgan fingerprint density at radius 1 is 1.18 bits per heavy atom. The molecule has 9 heteroatoms. The summed E-state index contributed by atoms with van der Waals surface area (Å²) in [6, 6.07) is 2.96. The SMILES string of the molecule is CCN(CC)C(=O)CN1CCCN(C(=O)C(C)NC(=O)c2ccc(Br)s2)CC1. The van der Waals surface area contributed by atoms with E-state index in [1.54, 1.807) is 17.9 Å². The predicted molar refractivity (Wildman–Crippen MR) is 115 cm³/mol. The molecular weight excluding hydrogens is 444 g/mol. The molecule has 1 aromatic rings. The minimum Gasteiger partial charge on any atom is -0.342 e. The minimum atomic E-state index is -0.586. The van der Waals surface area contributed by atoms with Crippen LogP contribution in [0.5, 0.6) is 0 Å². The molecule has 3 amide bonds. The van der Waals surface area contributed by atoms with E-state index in [9.17, 15) is 14.4 Å². The van der Waals surface area contributed by atoms with Gasteiger partial charge in [-0.2, -0.15) is 0 Å². The largest absolute Gasteiger partial charge is 0.342 e. The lowest BCUT2D eigenvalue weighted by Gasteiger charge is -2.26. The normalized spacial score (nSPS) is 16.4. The van der Waals surface area contributed by atoms with Crippen molar-refractivity contribution < 1.29 is 14.4 Å². The van der Waals surface area contributed by atoms with Crippen LogP contribution in [0.25, 0.3) is 0 Å². The zero-order valence-electron chi connectivity index (χ0n) is 16.7. The van der Waals surface area contributed by atoms with E-state index in [0.717, 1.165) is 16.8 Å². The van der Waals surface area contributed by atoms with Crippen LogP contribution in [0.2, 0.25) is 0 Å². The van der Waals surface area contributed by atoms with Gasteiger partial charge < -0.3 is 15.1 Å². The highest BCUT2D eigenvalue weighted by Crippen LogP contribution is 2.22. The van der Waals surface area contributed by atoms with Crippen LogP contribution >= 0.6 is 27.3 Å². The number of nitrogens with zero attached hydrogens (tertiary/aromatic N) is 3. The fourth-order valence-electron chi connectivity index (χ4n) is 3.26. The first-order valence-corrected chi connectivity index (χ1v) is 11.3. The van der Waals surface area contributed by atoms with Gasteiger partial charge in [0.25, 0.3) is 5.91 Å². The van der Waals surface area contributed by atoms with Gasteiger partial charge in [0, 0.05) is 39.3 Å². The maximum atomic E-state index is 12.8. The van der Waals surface area contributed by atoms with Gasteiger partial charge in [-0.15, -0.1) is 11.3 Å². The Morgan fingerprint density at radius 2 is 1.89 bits per heavy atom. The summed E-state index contributed by atoms with van der Waals surface area (Å²) < 4.78 is 0.878. The van der Waals surface area contributed by atoms with E-state index in [0.29, 0.717) is 44.1 Å². The molecule has 156 valence electrons. The minimum absolute atomic E-state index is 0.0825. The summed E-state index contributed by atoms with van der Waals surface area (Å²) in [4.78, 5) is 43.7. The van der Waals surface area contributed by atoms with Gasteiger partial charge in [-0.3, -0.25) is 19.3 Å². The van der Waals surface area contributed by atoms with E-state index in [1.807, 2.05) is 24.8 Å². The summed E-state index contributed by atoms with van der Waals surface area (Å²) in [6.45, 7) is 10.2. The van der Waals surface area contributed by atoms with Crippen LogP contribution in [-0.2, 0) is 9.59 Å². The molecule has 0 aromatic carbocycles. The van der Waals surface area contributed by atoms with Crippen molar-refractivity contribution in [1.82, 2.24) is 20.0 Å². The molecule has 1 N–H and O–H groups in total. The third-order valence-corrected chi connectivity index (χ3v) is 6.51. The highest BCUT2D eigenvalue weighted by Gasteiger charge is 2.26. The van der Waals surface area contributed by atoms with Crippen LogP contribution in [0, 0.1) is 0 Å². The fourth-order valence-corrected chi connectivity index (χ4v) is 4.55. The standard InChI is InChI=1S/C19H29BrN4O3S/c1-4-23(5-2)17(25)13-22-9-6-10-24(12-11-22)19(27)14(3)21-18(26)15-7-8-16(20)28-15/h7-8,14H,4-6,9-13H2,1-3H3,(H,21,26). The summed E-state index contributed by atoms with van der Waals surface area (Å²) in [5, 5.41) is 2.79. The second-order valence-electron chi connectivity index (χ2n) is 6.82. The number of likely N-dealkylation sites (N-methyl/N-ethyl adjacent to an activating group) is 1. The second-order valence-corrected chi connectivity index (χ2v) is 9.28. The van der Waals surface area contributed by atoms with Gasteiger partial charge in [-0.1, -0.05) is 0 Å². The molecule has 0 bridgehead atoms. The number of carbonyl (C=O) groups excluding carboxylic acids is 3. The van der Waals surface area contributed by atoms with E-state index in [1.165, 1.54) is 11.3 Å². The van der Waals surface area contributed by atoms with Gasteiger partial charge in [-0.05, 0) is 55.3 Å². The quantitative estimate of drug-likeness (QED) is 0.658. The lowest BCUT2D eigenvalue weighted by molar-refractivity contribution is -0.132. The molecule has 1 aromatic heterocycles. The molecule has 1 aliphatic rings. The Balaban J connectivity index is 1.85. The highest BCUT2D eigenvalue weighted by atomic mass is 79.9. The average Bonchev–Trinajstić information content (AvgIpc) is 2.97. The van der Waals surface area contributed by atoms with E-state index >= 15 is 0 Å². The lowest BCUT2D eigenvalue weighted by Crippen LogP contribution is -2.48. The van der Waals surface area contributed by atoms with Gasteiger partial charge in [0.1, 0.15) is 6.04 Å². The molecule has 28 heavy (non-hydrogen) atoms. The number of amides is 3. The van der Waals surface area contributed by atoms with Crippen molar-refractivity contribution in [3.8, 4) is 0 Å². The Hall–Kier alpha value is -1.45. The molecule has 0 aliphatic carbocycles. The van der Waals surface area contributed by atoms with Gasteiger partial charge in [0.15, 0.2) is 0 Å². The molecule has 0 radical (unpaired) electrons. The van der Waals surface area contributed by atoms with Gasteiger partial charge in [-0.25, -0.2) is 0 Å². The number of rotatable bonds is 7. The lowest BCUT2D eigenvalue weighted by atomic mass is 10.2. The van der Waals surface area contributed by atoms with Crippen molar-refractivity contribution in [2.24, 2.45) is 0 Å². The van der Waals surface area contributed by atoms with E-state index in [-0.39, 0.29) is 17.7 Å². The van der Waals surface area contributed by atoms with Crippen LogP contribution in [0.1, 0.15) is 36.9 Å². The van der Waals surface area contributed by atoms with Gasteiger partial charge >= 0.3 is 0 Å². The number of hydrogen-bond acceptors (Lipinski definition) is 5. The van der Waals surface area contributed by atoms with Gasteiger partial charge in [0.2, 0.25) is 11.8 Å². The Bertz CT molecular complexity index is 692. The number of carbonyl (C=O) groups is 3. The Morgan fingerprint density at radius 3 is 2.50 bits per heavy atom. The molecule has 1 fully saturated rings. The molecule has 1 saturated heterocycles. The maximum Gasteiger partial charge on any atom is 0.262 e. The van der Waals surface area contributed by atoms with Crippen LogP contribution in [0.4, 0.5) is 0 Å². The number of halogens is 1. The van der Waals surface area contributed by atoms with Crippen molar-refractivity contribution in [3.05, 3.63) is 20.8 Å². The van der Waals surface area contributed by atoms with Crippen molar-refractivity contribution in [2.75, 3.05) is 45.8 Å². The van der Waals surface area contributed by atoms with E-state index in [2.05, 4.69) is 26.1 Å².